The number of carbonyl (C=O) groups is 1. The molecule has 8 heteroatoms. The summed E-state index contributed by atoms with van der Waals surface area (Å²) >= 11 is 5.69. The lowest BCUT2D eigenvalue weighted by atomic mass is 10.1. The van der Waals surface area contributed by atoms with E-state index in [9.17, 15) is 14.4 Å². The molecule has 0 saturated carbocycles. The topological polar surface area (TPSA) is 80.6 Å². The first-order chi connectivity index (χ1) is 12.9. The highest BCUT2D eigenvalue weighted by Crippen LogP contribution is 2.38. The van der Waals surface area contributed by atoms with Crippen molar-refractivity contribution in [2.45, 2.75) is 0 Å². The van der Waals surface area contributed by atoms with Gasteiger partial charge in [-0.3, -0.25) is 4.79 Å². The van der Waals surface area contributed by atoms with Gasteiger partial charge in [0.15, 0.2) is 11.5 Å². The Labute approximate surface area is 160 Å². The summed E-state index contributed by atoms with van der Waals surface area (Å²) in [6.07, 6.45) is 1.37. The summed E-state index contributed by atoms with van der Waals surface area (Å²) in [6.45, 7) is 0. The first-order valence-electron chi connectivity index (χ1n) is 7.61. The molecule has 27 heavy (non-hydrogen) atoms. The van der Waals surface area contributed by atoms with E-state index in [0.29, 0.717) is 22.8 Å². The fourth-order valence-corrected chi connectivity index (χ4v) is 2.45. The van der Waals surface area contributed by atoms with Crippen molar-refractivity contribution in [3.05, 3.63) is 52.3 Å². The zero-order chi connectivity index (χ0) is 20.0. The molecule has 0 unspecified atom stereocenters. The predicted molar refractivity (Wildman–Crippen MR) is 99.7 cm³/mol. The highest BCUT2D eigenvalue weighted by molar-refractivity contribution is 6.31. The third kappa shape index (κ3) is 4.68. The molecule has 1 N–H and O–H groups in total. The van der Waals surface area contributed by atoms with Crippen molar-refractivity contribution in [2.24, 2.45) is 0 Å². The Hall–Kier alpha value is -3.24. The van der Waals surface area contributed by atoms with E-state index in [0.717, 1.165) is 6.07 Å². The smallest absolute Gasteiger partial charge is 0.266 e. The number of benzene rings is 2. The van der Waals surface area contributed by atoms with Gasteiger partial charge in [0.05, 0.1) is 26.4 Å². The molecule has 0 atom stereocenters. The molecule has 2 aromatic carbocycles. The van der Waals surface area contributed by atoms with Gasteiger partial charge in [0.25, 0.3) is 5.91 Å². The summed E-state index contributed by atoms with van der Waals surface area (Å²) in [4.78, 5) is 12.4. The van der Waals surface area contributed by atoms with Crippen LogP contribution in [0.25, 0.3) is 6.08 Å². The number of hydrogen-bond donors (Lipinski definition) is 1. The SMILES string of the molecule is COc1cc(/C=C(\C#N)C(=O)Nc2ccc(F)c(Cl)c2)cc(OC)c1OC. The molecule has 6 nitrogen and oxygen atoms in total. The molecule has 0 spiro atoms. The number of amides is 1. The highest BCUT2D eigenvalue weighted by atomic mass is 35.5. The fourth-order valence-electron chi connectivity index (χ4n) is 2.27. The van der Waals surface area contributed by atoms with Crippen LogP contribution < -0.4 is 19.5 Å². The molecule has 0 aliphatic carbocycles. The Kier molecular flexibility index (Phi) is 6.63. The van der Waals surface area contributed by atoms with E-state index in [2.05, 4.69) is 5.32 Å². The Morgan fingerprint density at radius 3 is 2.26 bits per heavy atom. The number of anilines is 1. The molecule has 0 radical (unpaired) electrons. The number of nitriles is 1. The van der Waals surface area contributed by atoms with E-state index in [1.54, 1.807) is 12.1 Å². The van der Waals surface area contributed by atoms with Gasteiger partial charge in [-0.1, -0.05) is 11.6 Å². The minimum absolute atomic E-state index is 0.139. The summed E-state index contributed by atoms with van der Waals surface area (Å²) in [5.41, 5.74) is 0.579. The largest absolute Gasteiger partial charge is 0.493 e. The molecule has 1 amide bonds. The maximum Gasteiger partial charge on any atom is 0.266 e. The van der Waals surface area contributed by atoms with E-state index in [-0.39, 0.29) is 16.3 Å². The number of rotatable bonds is 6. The first kappa shape index (κ1) is 20.1. The monoisotopic (exact) mass is 390 g/mol. The summed E-state index contributed by atoms with van der Waals surface area (Å²) in [5, 5.41) is 11.7. The Morgan fingerprint density at radius 1 is 1.15 bits per heavy atom. The van der Waals surface area contributed by atoms with Crippen molar-refractivity contribution in [2.75, 3.05) is 26.6 Å². The van der Waals surface area contributed by atoms with E-state index < -0.39 is 11.7 Å². The van der Waals surface area contributed by atoms with Gasteiger partial charge in [-0.05, 0) is 42.0 Å². The number of nitrogens with zero attached hydrogens (tertiary/aromatic N) is 1. The zero-order valence-electron chi connectivity index (χ0n) is 14.8. The van der Waals surface area contributed by atoms with Gasteiger partial charge in [0.2, 0.25) is 5.75 Å². The maximum absolute atomic E-state index is 13.2. The molecule has 0 aliphatic heterocycles. The van der Waals surface area contributed by atoms with Gasteiger partial charge in [-0.2, -0.15) is 5.26 Å². The van der Waals surface area contributed by atoms with Crippen LogP contribution in [0.3, 0.4) is 0 Å². The zero-order valence-corrected chi connectivity index (χ0v) is 15.6. The van der Waals surface area contributed by atoms with Crippen LogP contribution in [-0.2, 0) is 4.79 Å². The average Bonchev–Trinajstić information content (AvgIpc) is 2.67. The Balaban J connectivity index is 2.35. The van der Waals surface area contributed by atoms with Crippen LogP contribution in [-0.4, -0.2) is 27.2 Å². The van der Waals surface area contributed by atoms with E-state index >= 15 is 0 Å². The molecule has 2 aromatic rings. The molecular formula is C19H16ClFN2O4. The van der Waals surface area contributed by atoms with E-state index in [1.807, 2.05) is 6.07 Å². The third-order valence-corrected chi connectivity index (χ3v) is 3.83. The molecule has 0 aliphatic rings. The number of methoxy groups -OCH3 is 3. The molecule has 0 heterocycles. The standard InChI is InChI=1S/C19H16ClFN2O4/c1-25-16-7-11(8-17(26-2)18(16)27-3)6-12(10-22)19(24)23-13-4-5-15(21)14(20)9-13/h4-9H,1-3H3,(H,23,24)/b12-6+. The second-order valence-electron chi connectivity index (χ2n) is 5.21. The second-order valence-corrected chi connectivity index (χ2v) is 5.62. The van der Waals surface area contributed by atoms with Gasteiger partial charge in [0, 0.05) is 5.69 Å². The molecule has 0 bridgehead atoms. The van der Waals surface area contributed by atoms with E-state index in [1.165, 1.54) is 39.5 Å². The number of ether oxygens (including phenoxy) is 3. The average molecular weight is 391 g/mol. The predicted octanol–water partition coefficient (Wildman–Crippen LogP) is 4.05. The second kappa shape index (κ2) is 8.92. The van der Waals surface area contributed by atoms with E-state index in [4.69, 9.17) is 25.8 Å². The maximum atomic E-state index is 13.2. The summed E-state index contributed by atoms with van der Waals surface area (Å²) in [6, 6.07) is 8.74. The summed E-state index contributed by atoms with van der Waals surface area (Å²) < 4.78 is 28.9. The first-order valence-corrected chi connectivity index (χ1v) is 7.99. The van der Waals surface area contributed by atoms with Crippen LogP contribution in [0.2, 0.25) is 5.02 Å². The van der Waals surface area contributed by atoms with Gasteiger partial charge in [0.1, 0.15) is 17.5 Å². The van der Waals surface area contributed by atoms with Crippen LogP contribution in [0.1, 0.15) is 5.56 Å². The lowest BCUT2D eigenvalue weighted by Gasteiger charge is -2.13. The van der Waals surface area contributed by atoms with Gasteiger partial charge >= 0.3 is 0 Å². The van der Waals surface area contributed by atoms with Crippen LogP contribution in [0.15, 0.2) is 35.9 Å². The molecule has 140 valence electrons. The van der Waals surface area contributed by atoms with Crippen molar-refractivity contribution < 1.29 is 23.4 Å². The summed E-state index contributed by atoms with van der Waals surface area (Å²) in [7, 11) is 4.39. The third-order valence-electron chi connectivity index (χ3n) is 3.54. The lowest BCUT2D eigenvalue weighted by molar-refractivity contribution is -0.112. The van der Waals surface area contributed by atoms with Crippen LogP contribution in [0.5, 0.6) is 17.2 Å². The minimum Gasteiger partial charge on any atom is -0.493 e. The summed E-state index contributed by atoms with van der Waals surface area (Å²) in [5.74, 6) is -0.129. The van der Waals surface area contributed by atoms with Gasteiger partial charge < -0.3 is 19.5 Å². The Morgan fingerprint density at radius 2 is 1.78 bits per heavy atom. The van der Waals surface area contributed by atoms with Crippen molar-refractivity contribution in [1.82, 2.24) is 0 Å². The molecule has 0 saturated heterocycles. The lowest BCUT2D eigenvalue weighted by Crippen LogP contribution is -2.13. The van der Waals surface area contributed by atoms with Crippen molar-refractivity contribution >= 4 is 29.3 Å². The molecule has 2 rings (SSSR count). The quantitative estimate of drug-likeness (QED) is 0.594. The van der Waals surface area contributed by atoms with Crippen LogP contribution in [0.4, 0.5) is 10.1 Å². The minimum atomic E-state index is -0.672. The number of hydrogen-bond acceptors (Lipinski definition) is 5. The van der Waals surface area contributed by atoms with Crippen molar-refractivity contribution in [3.63, 3.8) is 0 Å². The molecule has 0 aromatic heterocycles. The van der Waals surface area contributed by atoms with Crippen LogP contribution in [0, 0.1) is 17.1 Å². The number of carbonyl (C=O) groups excluding carboxylic acids is 1. The Bertz CT molecular complexity index is 913. The van der Waals surface area contributed by atoms with Crippen molar-refractivity contribution in [1.29, 1.82) is 5.26 Å². The molecular weight excluding hydrogens is 375 g/mol. The van der Waals surface area contributed by atoms with Crippen LogP contribution >= 0.6 is 11.6 Å². The van der Waals surface area contributed by atoms with Crippen molar-refractivity contribution in [3.8, 4) is 23.3 Å². The van der Waals surface area contributed by atoms with Gasteiger partial charge in [-0.25, -0.2) is 4.39 Å². The fraction of sp³-hybridized carbons (Fsp3) is 0.158. The molecule has 0 fully saturated rings. The number of nitrogens with one attached hydrogen (secondary N) is 1. The highest BCUT2D eigenvalue weighted by Gasteiger charge is 2.15. The van der Waals surface area contributed by atoms with Gasteiger partial charge in [-0.15, -0.1) is 0 Å². The number of halogens is 2. The normalized spacial score (nSPS) is 10.7.